The van der Waals surface area contributed by atoms with Gasteiger partial charge < -0.3 is 10.1 Å². The Hall–Kier alpha value is -0.570. The highest BCUT2D eigenvalue weighted by molar-refractivity contribution is 5.72. The van der Waals surface area contributed by atoms with Crippen LogP contribution in [-0.4, -0.2) is 26.2 Å². The molecule has 1 aliphatic heterocycles. The molecule has 15 heavy (non-hydrogen) atoms. The van der Waals surface area contributed by atoms with Crippen molar-refractivity contribution in [2.75, 3.05) is 20.2 Å². The second kappa shape index (κ2) is 6.83. The van der Waals surface area contributed by atoms with Crippen LogP contribution in [0.2, 0.25) is 0 Å². The van der Waals surface area contributed by atoms with E-state index in [1.165, 1.54) is 20.0 Å². The molecule has 3 nitrogen and oxygen atoms in total. The van der Waals surface area contributed by atoms with E-state index >= 15 is 0 Å². The first-order valence-electron chi connectivity index (χ1n) is 6.06. The largest absolute Gasteiger partial charge is 0.469 e. The molecule has 0 saturated carbocycles. The SMILES string of the molecule is CCCC(CC1CCNCC1)C(=O)OC. The van der Waals surface area contributed by atoms with Crippen LogP contribution in [0.5, 0.6) is 0 Å². The summed E-state index contributed by atoms with van der Waals surface area (Å²) in [4.78, 5) is 11.5. The molecule has 0 aromatic carbocycles. The van der Waals surface area contributed by atoms with E-state index in [0.29, 0.717) is 5.92 Å². The van der Waals surface area contributed by atoms with Gasteiger partial charge in [0.05, 0.1) is 13.0 Å². The summed E-state index contributed by atoms with van der Waals surface area (Å²) in [6.07, 6.45) is 5.46. The molecule has 0 amide bonds. The summed E-state index contributed by atoms with van der Waals surface area (Å²) < 4.78 is 4.85. The zero-order valence-corrected chi connectivity index (χ0v) is 9.92. The second-order valence-electron chi connectivity index (χ2n) is 4.44. The molecule has 0 spiro atoms. The van der Waals surface area contributed by atoms with Crippen LogP contribution in [0.25, 0.3) is 0 Å². The van der Waals surface area contributed by atoms with E-state index in [9.17, 15) is 4.79 Å². The fraction of sp³-hybridized carbons (Fsp3) is 0.917. The summed E-state index contributed by atoms with van der Waals surface area (Å²) in [5.74, 6) is 0.820. The predicted molar refractivity (Wildman–Crippen MR) is 60.6 cm³/mol. The van der Waals surface area contributed by atoms with Crippen LogP contribution in [0, 0.1) is 11.8 Å². The monoisotopic (exact) mass is 213 g/mol. The van der Waals surface area contributed by atoms with Crippen molar-refractivity contribution in [3.63, 3.8) is 0 Å². The zero-order chi connectivity index (χ0) is 11.1. The Balaban J connectivity index is 2.38. The quantitative estimate of drug-likeness (QED) is 0.710. The van der Waals surface area contributed by atoms with Gasteiger partial charge in [0, 0.05) is 0 Å². The molecule has 1 fully saturated rings. The summed E-state index contributed by atoms with van der Waals surface area (Å²) in [5.41, 5.74) is 0. The standard InChI is InChI=1S/C12H23NO2/c1-3-4-11(12(14)15-2)9-10-5-7-13-8-6-10/h10-11,13H,3-9H2,1-2H3. The van der Waals surface area contributed by atoms with Crippen molar-refractivity contribution in [2.45, 2.75) is 39.0 Å². The maximum absolute atomic E-state index is 11.5. The topological polar surface area (TPSA) is 38.3 Å². The molecule has 0 radical (unpaired) electrons. The van der Waals surface area contributed by atoms with E-state index in [4.69, 9.17) is 4.74 Å². The molecule has 3 heteroatoms. The first kappa shape index (κ1) is 12.5. The number of ether oxygens (including phenoxy) is 1. The normalized spacial score (nSPS) is 19.9. The highest BCUT2D eigenvalue weighted by Crippen LogP contribution is 2.24. The van der Waals surface area contributed by atoms with Gasteiger partial charge in [0.2, 0.25) is 0 Å². The Labute approximate surface area is 92.6 Å². The minimum absolute atomic E-state index is 0.0182. The number of hydrogen-bond acceptors (Lipinski definition) is 3. The van der Waals surface area contributed by atoms with Gasteiger partial charge in [0.25, 0.3) is 0 Å². The second-order valence-corrected chi connectivity index (χ2v) is 4.44. The van der Waals surface area contributed by atoms with E-state index in [2.05, 4.69) is 12.2 Å². The third-order valence-electron chi connectivity index (χ3n) is 3.25. The van der Waals surface area contributed by atoms with Crippen LogP contribution in [-0.2, 0) is 9.53 Å². The van der Waals surface area contributed by atoms with E-state index in [1.807, 2.05) is 0 Å². The van der Waals surface area contributed by atoms with Gasteiger partial charge in [-0.1, -0.05) is 13.3 Å². The Morgan fingerprint density at radius 2 is 2.13 bits per heavy atom. The van der Waals surface area contributed by atoms with Crippen molar-refractivity contribution in [2.24, 2.45) is 11.8 Å². The molecular formula is C12H23NO2. The lowest BCUT2D eigenvalue weighted by molar-refractivity contribution is -0.146. The van der Waals surface area contributed by atoms with Gasteiger partial charge in [-0.2, -0.15) is 0 Å². The lowest BCUT2D eigenvalue weighted by atomic mass is 9.86. The number of carbonyl (C=O) groups excluding carboxylic acids is 1. The van der Waals surface area contributed by atoms with Crippen molar-refractivity contribution < 1.29 is 9.53 Å². The summed E-state index contributed by atoms with van der Waals surface area (Å²) in [7, 11) is 1.49. The van der Waals surface area contributed by atoms with Crippen LogP contribution in [0.3, 0.4) is 0 Å². The minimum atomic E-state index is -0.0182. The summed E-state index contributed by atoms with van der Waals surface area (Å²) in [5, 5.41) is 3.35. The van der Waals surface area contributed by atoms with Gasteiger partial charge in [-0.25, -0.2) is 0 Å². The molecule has 1 saturated heterocycles. The van der Waals surface area contributed by atoms with Crippen molar-refractivity contribution in [1.82, 2.24) is 5.32 Å². The average Bonchev–Trinajstić information content (AvgIpc) is 2.29. The minimum Gasteiger partial charge on any atom is -0.469 e. The average molecular weight is 213 g/mol. The fourth-order valence-corrected chi connectivity index (χ4v) is 2.37. The number of rotatable bonds is 5. The highest BCUT2D eigenvalue weighted by atomic mass is 16.5. The van der Waals surface area contributed by atoms with Crippen LogP contribution >= 0.6 is 0 Å². The van der Waals surface area contributed by atoms with Gasteiger partial charge in [0.15, 0.2) is 0 Å². The Morgan fingerprint density at radius 3 is 2.67 bits per heavy atom. The third kappa shape index (κ3) is 4.20. The van der Waals surface area contributed by atoms with Crippen LogP contribution in [0.15, 0.2) is 0 Å². The number of carbonyl (C=O) groups is 1. The van der Waals surface area contributed by atoms with Crippen LogP contribution in [0.1, 0.15) is 39.0 Å². The van der Waals surface area contributed by atoms with Crippen molar-refractivity contribution in [3.8, 4) is 0 Å². The molecule has 0 bridgehead atoms. The predicted octanol–water partition coefficient (Wildman–Crippen LogP) is 1.97. The Kier molecular flexibility index (Phi) is 5.69. The fourth-order valence-electron chi connectivity index (χ4n) is 2.37. The van der Waals surface area contributed by atoms with E-state index in [0.717, 1.165) is 32.4 Å². The van der Waals surface area contributed by atoms with Gasteiger partial charge in [0.1, 0.15) is 0 Å². The molecule has 1 N–H and O–H groups in total. The number of esters is 1. The van der Waals surface area contributed by atoms with E-state index in [1.54, 1.807) is 0 Å². The maximum Gasteiger partial charge on any atom is 0.308 e. The van der Waals surface area contributed by atoms with Crippen LogP contribution in [0.4, 0.5) is 0 Å². The van der Waals surface area contributed by atoms with E-state index in [-0.39, 0.29) is 11.9 Å². The summed E-state index contributed by atoms with van der Waals surface area (Å²) in [6, 6.07) is 0. The third-order valence-corrected chi connectivity index (χ3v) is 3.25. The number of piperidine rings is 1. The lowest BCUT2D eigenvalue weighted by Crippen LogP contribution is -2.30. The number of hydrogen-bond donors (Lipinski definition) is 1. The maximum atomic E-state index is 11.5. The van der Waals surface area contributed by atoms with Gasteiger partial charge >= 0.3 is 5.97 Å². The van der Waals surface area contributed by atoms with Crippen LogP contribution < -0.4 is 5.32 Å². The molecule has 1 rings (SSSR count). The number of nitrogens with one attached hydrogen (secondary N) is 1. The number of methoxy groups -OCH3 is 1. The molecule has 0 aromatic heterocycles. The van der Waals surface area contributed by atoms with E-state index < -0.39 is 0 Å². The molecule has 0 aliphatic carbocycles. The molecule has 1 heterocycles. The molecule has 88 valence electrons. The van der Waals surface area contributed by atoms with Gasteiger partial charge in [-0.3, -0.25) is 4.79 Å². The smallest absolute Gasteiger partial charge is 0.308 e. The molecule has 1 atom stereocenters. The van der Waals surface area contributed by atoms with Crippen molar-refractivity contribution in [1.29, 1.82) is 0 Å². The van der Waals surface area contributed by atoms with Crippen molar-refractivity contribution >= 4 is 5.97 Å². The molecule has 0 aromatic rings. The summed E-state index contributed by atoms with van der Waals surface area (Å²) in [6.45, 7) is 4.33. The lowest BCUT2D eigenvalue weighted by Gasteiger charge is -2.25. The Bertz CT molecular complexity index is 188. The van der Waals surface area contributed by atoms with Crippen molar-refractivity contribution in [3.05, 3.63) is 0 Å². The molecule has 1 aliphatic rings. The first-order valence-corrected chi connectivity index (χ1v) is 6.06. The summed E-state index contributed by atoms with van der Waals surface area (Å²) >= 11 is 0. The highest BCUT2D eigenvalue weighted by Gasteiger charge is 2.23. The Morgan fingerprint density at radius 1 is 1.47 bits per heavy atom. The van der Waals surface area contributed by atoms with Gasteiger partial charge in [-0.05, 0) is 44.7 Å². The molecular weight excluding hydrogens is 190 g/mol. The van der Waals surface area contributed by atoms with Gasteiger partial charge in [-0.15, -0.1) is 0 Å². The zero-order valence-electron chi connectivity index (χ0n) is 9.92. The first-order chi connectivity index (χ1) is 7.27. The molecule has 1 unspecified atom stereocenters.